The Hall–Kier alpha value is -3.31. The molecule has 2 aliphatic heterocycles. The van der Waals surface area contributed by atoms with Gasteiger partial charge in [-0.05, 0) is 31.2 Å². The van der Waals surface area contributed by atoms with Gasteiger partial charge in [-0.2, -0.15) is 0 Å². The highest BCUT2D eigenvalue weighted by atomic mass is 16.7. The summed E-state index contributed by atoms with van der Waals surface area (Å²) in [5, 5.41) is 71.9. The minimum Gasteiger partial charge on any atom is -0.507 e. The van der Waals surface area contributed by atoms with Crippen LogP contribution >= 0.6 is 0 Å². The number of aromatic hydroxyl groups is 1. The molecule has 0 bridgehead atoms. The predicted molar refractivity (Wildman–Crippen MR) is 142 cm³/mol. The van der Waals surface area contributed by atoms with E-state index in [9.17, 15) is 40.5 Å². The van der Waals surface area contributed by atoms with E-state index in [1.165, 1.54) is 26.2 Å². The van der Waals surface area contributed by atoms with Crippen LogP contribution in [0.2, 0.25) is 0 Å². The Labute approximate surface area is 238 Å². The molecule has 3 aromatic rings. The number of hydrogen-bond acceptors (Lipinski definition) is 14. The molecule has 3 heterocycles. The maximum Gasteiger partial charge on any atom is 0.229 e. The van der Waals surface area contributed by atoms with Crippen molar-refractivity contribution in [1.29, 1.82) is 0 Å². The van der Waals surface area contributed by atoms with Gasteiger partial charge in [0, 0.05) is 23.8 Å². The zero-order valence-corrected chi connectivity index (χ0v) is 22.5. The van der Waals surface area contributed by atoms with Crippen molar-refractivity contribution in [2.45, 2.75) is 68.3 Å². The van der Waals surface area contributed by atoms with Crippen LogP contribution in [0.15, 0.2) is 51.7 Å². The van der Waals surface area contributed by atoms with Crippen LogP contribution in [0.5, 0.6) is 17.2 Å². The Morgan fingerprint density at radius 2 is 1.45 bits per heavy atom. The van der Waals surface area contributed by atoms with Gasteiger partial charge in [0.15, 0.2) is 11.7 Å². The van der Waals surface area contributed by atoms with Crippen molar-refractivity contribution in [2.75, 3.05) is 13.7 Å². The molecule has 14 nitrogen and oxygen atoms in total. The normalized spacial score (nSPS) is 33.4. The topological polar surface area (TPSA) is 218 Å². The molecular weight excluding hydrogens is 560 g/mol. The summed E-state index contributed by atoms with van der Waals surface area (Å²) < 4.78 is 33.2. The van der Waals surface area contributed by atoms with Gasteiger partial charge in [0.05, 0.1) is 19.8 Å². The third kappa shape index (κ3) is 5.81. The first kappa shape index (κ1) is 30.2. The van der Waals surface area contributed by atoms with Crippen LogP contribution in [-0.2, 0) is 14.2 Å². The van der Waals surface area contributed by atoms with E-state index in [2.05, 4.69) is 0 Å². The third-order valence-corrected chi connectivity index (χ3v) is 7.31. The molecule has 5 rings (SSSR count). The highest BCUT2D eigenvalue weighted by Gasteiger charge is 2.47. The summed E-state index contributed by atoms with van der Waals surface area (Å²) >= 11 is 0. The fraction of sp³-hybridized carbons (Fsp3) is 0.464. The number of phenolic OH excluding ortho intramolecular Hbond substituents is 1. The zero-order valence-electron chi connectivity index (χ0n) is 22.5. The summed E-state index contributed by atoms with van der Waals surface area (Å²) in [7, 11) is 1.52. The summed E-state index contributed by atoms with van der Waals surface area (Å²) in [6.07, 6.45) is -14.8. The average molecular weight is 593 g/mol. The maximum absolute atomic E-state index is 12.8. The number of rotatable bonds is 7. The molecule has 14 heteroatoms. The molecule has 2 saturated heterocycles. The van der Waals surface area contributed by atoms with E-state index in [-0.39, 0.29) is 22.5 Å². The van der Waals surface area contributed by atoms with Crippen molar-refractivity contribution < 1.29 is 63.8 Å². The fourth-order valence-electron chi connectivity index (χ4n) is 4.84. The Morgan fingerprint density at radius 1 is 0.786 bits per heavy atom. The lowest BCUT2D eigenvalue weighted by Crippen LogP contribution is -2.61. The fourth-order valence-corrected chi connectivity index (χ4v) is 4.84. The van der Waals surface area contributed by atoms with Crippen LogP contribution in [0.25, 0.3) is 22.3 Å². The molecular formula is C28H32O14. The van der Waals surface area contributed by atoms with Crippen molar-refractivity contribution in [3.8, 4) is 28.6 Å². The van der Waals surface area contributed by atoms with E-state index < -0.39 is 79.2 Å². The lowest BCUT2D eigenvalue weighted by molar-refractivity contribution is -0.318. The molecule has 228 valence electrons. The molecule has 0 aliphatic carbocycles. The molecule has 0 spiro atoms. The van der Waals surface area contributed by atoms with Crippen LogP contribution in [-0.4, -0.2) is 111 Å². The number of aliphatic hydroxyl groups is 6. The van der Waals surface area contributed by atoms with E-state index in [0.29, 0.717) is 11.3 Å². The minimum absolute atomic E-state index is 0.0348. The number of aliphatic hydroxyl groups excluding tert-OH is 6. The molecule has 2 fully saturated rings. The van der Waals surface area contributed by atoms with Gasteiger partial charge < -0.3 is 63.8 Å². The van der Waals surface area contributed by atoms with Gasteiger partial charge in [-0.3, -0.25) is 4.79 Å². The van der Waals surface area contributed by atoms with Crippen molar-refractivity contribution in [3.05, 3.63) is 52.7 Å². The van der Waals surface area contributed by atoms with E-state index >= 15 is 0 Å². The number of ether oxygens (including phenoxy) is 5. The third-order valence-electron chi connectivity index (χ3n) is 7.31. The van der Waals surface area contributed by atoms with Crippen LogP contribution in [0.4, 0.5) is 0 Å². The second-order valence-corrected chi connectivity index (χ2v) is 10.2. The van der Waals surface area contributed by atoms with E-state index in [1.807, 2.05) is 0 Å². The van der Waals surface area contributed by atoms with Crippen LogP contribution < -0.4 is 14.9 Å². The Kier molecular flexibility index (Phi) is 8.71. The average Bonchev–Trinajstić information content (AvgIpc) is 2.97. The standard InChI is InChI=1S/C28H32O14/c1-11-21(31)23(33)25(35)27(39-11)38-10-19-22(32)24(34)26(36)28(42-19)40-14-7-15(29)20-16(30)9-17(41-18(20)8-14)12-3-5-13(37-2)6-4-12/h3-9,11,19,21-29,31-36H,10H2,1-2H3/t11-,19+,21-,22+,23+,24+,25+,26-,27+,28+/m0/s1. The number of benzene rings is 2. The number of hydrogen-bond donors (Lipinski definition) is 7. The largest absolute Gasteiger partial charge is 0.507 e. The molecule has 7 N–H and O–H groups in total. The van der Waals surface area contributed by atoms with Crippen LogP contribution in [0, 0.1) is 0 Å². The molecule has 42 heavy (non-hydrogen) atoms. The highest BCUT2D eigenvalue weighted by molar-refractivity contribution is 5.86. The van der Waals surface area contributed by atoms with Gasteiger partial charge in [0.25, 0.3) is 0 Å². The molecule has 0 amide bonds. The molecule has 2 aliphatic rings. The molecule has 10 atom stereocenters. The number of methoxy groups -OCH3 is 1. The van der Waals surface area contributed by atoms with E-state index in [4.69, 9.17) is 28.1 Å². The highest BCUT2D eigenvalue weighted by Crippen LogP contribution is 2.34. The van der Waals surface area contributed by atoms with Crippen LogP contribution in [0.3, 0.4) is 0 Å². The molecule has 1 aromatic heterocycles. The van der Waals surface area contributed by atoms with Crippen molar-refractivity contribution >= 4 is 11.0 Å². The monoisotopic (exact) mass is 592 g/mol. The van der Waals surface area contributed by atoms with Gasteiger partial charge in [-0.15, -0.1) is 0 Å². The summed E-state index contributed by atoms with van der Waals surface area (Å²) in [5.41, 5.74) is 0.0115. The lowest BCUT2D eigenvalue weighted by atomic mass is 9.98. The number of fused-ring (bicyclic) bond motifs is 1. The Balaban J connectivity index is 1.35. The first-order chi connectivity index (χ1) is 20.0. The molecule has 0 radical (unpaired) electrons. The molecule has 0 unspecified atom stereocenters. The smallest absolute Gasteiger partial charge is 0.229 e. The van der Waals surface area contributed by atoms with Crippen molar-refractivity contribution in [3.63, 3.8) is 0 Å². The summed E-state index contributed by atoms with van der Waals surface area (Å²) in [6, 6.07) is 10.4. The predicted octanol–water partition coefficient (Wildman–Crippen LogP) is -0.795. The Morgan fingerprint density at radius 3 is 2.14 bits per heavy atom. The zero-order chi connectivity index (χ0) is 30.3. The first-order valence-electron chi connectivity index (χ1n) is 13.1. The maximum atomic E-state index is 12.8. The Bertz CT molecular complexity index is 1440. The van der Waals surface area contributed by atoms with Gasteiger partial charge in [0.1, 0.15) is 76.7 Å². The summed E-state index contributed by atoms with van der Waals surface area (Å²) in [5.74, 6) is 0.238. The first-order valence-corrected chi connectivity index (χ1v) is 13.1. The summed E-state index contributed by atoms with van der Waals surface area (Å²) in [6.45, 7) is 0.984. The number of phenols is 1. The second kappa shape index (κ2) is 12.1. The minimum atomic E-state index is -1.76. The lowest BCUT2D eigenvalue weighted by Gasteiger charge is -2.42. The molecule has 0 saturated carbocycles. The van der Waals surface area contributed by atoms with Gasteiger partial charge in [0.2, 0.25) is 6.29 Å². The molecule has 2 aromatic carbocycles. The van der Waals surface area contributed by atoms with E-state index in [0.717, 1.165) is 6.07 Å². The second-order valence-electron chi connectivity index (χ2n) is 10.2. The summed E-state index contributed by atoms with van der Waals surface area (Å²) in [4.78, 5) is 12.8. The van der Waals surface area contributed by atoms with E-state index in [1.54, 1.807) is 24.3 Å². The van der Waals surface area contributed by atoms with Crippen molar-refractivity contribution in [2.24, 2.45) is 0 Å². The quantitative estimate of drug-likeness (QED) is 0.179. The van der Waals surface area contributed by atoms with Crippen LogP contribution in [0.1, 0.15) is 6.92 Å². The SMILES string of the molecule is COc1ccc(-c2cc(=O)c3c(O)cc(O[C@@H]4O[C@H](CO[C@@H]5O[C@@H](C)[C@H](O)[C@@H](O)[C@H]5O)[C@@H](O)[C@@H](O)[C@@H]4O)cc3o2)cc1. The van der Waals surface area contributed by atoms with Gasteiger partial charge in [-0.1, -0.05) is 0 Å². The van der Waals surface area contributed by atoms with Gasteiger partial charge in [-0.25, -0.2) is 0 Å². The van der Waals surface area contributed by atoms with Gasteiger partial charge >= 0.3 is 0 Å². The van der Waals surface area contributed by atoms with Crippen molar-refractivity contribution in [1.82, 2.24) is 0 Å².